The predicted octanol–water partition coefficient (Wildman–Crippen LogP) is 2.46. The van der Waals surface area contributed by atoms with Crippen LogP contribution in [0.2, 0.25) is 0 Å². The number of carbonyl (C=O) groups is 1. The Morgan fingerprint density at radius 1 is 1.23 bits per heavy atom. The van der Waals surface area contributed by atoms with E-state index in [9.17, 15) is 4.79 Å². The summed E-state index contributed by atoms with van der Waals surface area (Å²) in [6, 6.07) is 9.15. The number of benzene rings is 1. The van der Waals surface area contributed by atoms with Crippen LogP contribution in [0.5, 0.6) is 5.75 Å². The highest BCUT2D eigenvalue weighted by Crippen LogP contribution is 2.25. The molecule has 3 rings (SSSR count). The van der Waals surface area contributed by atoms with Crippen molar-refractivity contribution in [3.8, 4) is 5.75 Å². The second-order valence-corrected chi connectivity index (χ2v) is 5.09. The number of rotatable bonds is 4. The molecule has 1 amide bonds. The van der Waals surface area contributed by atoms with Gasteiger partial charge < -0.3 is 15.0 Å². The van der Waals surface area contributed by atoms with Gasteiger partial charge in [0.1, 0.15) is 11.4 Å². The summed E-state index contributed by atoms with van der Waals surface area (Å²) in [7, 11) is 1.61. The third-order valence-corrected chi connectivity index (χ3v) is 3.62. The smallest absolute Gasteiger partial charge is 0.272 e. The largest absolute Gasteiger partial charge is 0.495 e. The number of nitrogens with zero attached hydrogens (tertiary/aromatic N) is 3. The lowest BCUT2D eigenvalue weighted by Gasteiger charge is -2.15. The van der Waals surface area contributed by atoms with Crippen molar-refractivity contribution in [2.45, 2.75) is 12.8 Å². The molecule has 0 radical (unpaired) electrons. The molecule has 0 bridgehead atoms. The number of likely N-dealkylation sites (tertiary alicyclic amines) is 1. The Morgan fingerprint density at radius 3 is 2.77 bits per heavy atom. The maximum atomic E-state index is 12.4. The van der Waals surface area contributed by atoms with E-state index in [4.69, 9.17) is 4.74 Å². The highest BCUT2D eigenvalue weighted by atomic mass is 16.5. The summed E-state index contributed by atoms with van der Waals surface area (Å²) >= 11 is 0. The van der Waals surface area contributed by atoms with Gasteiger partial charge in [-0.25, -0.2) is 9.97 Å². The van der Waals surface area contributed by atoms with Crippen molar-refractivity contribution in [2.75, 3.05) is 25.5 Å². The third-order valence-electron chi connectivity index (χ3n) is 3.62. The number of nitrogens with one attached hydrogen (secondary N) is 1. The fraction of sp³-hybridized carbons (Fsp3) is 0.312. The second kappa shape index (κ2) is 6.43. The van der Waals surface area contributed by atoms with E-state index < -0.39 is 0 Å². The molecule has 0 unspecified atom stereocenters. The van der Waals surface area contributed by atoms with Crippen molar-refractivity contribution < 1.29 is 9.53 Å². The predicted molar refractivity (Wildman–Crippen MR) is 83.4 cm³/mol. The first-order chi connectivity index (χ1) is 10.8. The Balaban J connectivity index is 1.80. The maximum Gasteiger partial charge on any atom is 0.272 e. The molecule has 2 heterocycles. The van der Waals surface area contributed by atoms with Gasteiger partial charge in [-0.1, -0.05) is 12.1 Å². The normalized spacial score (nSPS) is 14.0. The fourth-order valence-electron chi connectivity index (χ4n) is 2.49. The number of para-hydroxylation sites is 2. The van der Waals surface area contributed by atoms with Crippen LogP contribution in [0.4, 0.5) is 11.6 Å². The van der Waals surface area contributed by atoms with Crippen molar-refractivity contribution in [2.24, 2.45) is 0 Å². The average Bonchev–Trinajstić information content (AvgIpc) is 3.09. The molecule has 0 spiro atoms. The van der Waals surface area contributed by atoms with E-state index in [0.717, 1.165) is 31.6 Å². The Labute approximate surface area is 129 Å². The molecule has 1 aromatic heterocycles. The molecule has 0 atom stereocenters. The fourth-order valence-corrected chi connectivity index (χ4v) is 2.49. The lowest BCUT2D eigenvalue weighted by Crippen LogP contribution is -2.28. The molecule has 6 nitrogen and oxygen atoms in total. The van der Waals surface area contributed by atoms with E-state index in [-0.39, 0.29) is 5.91 Å². The Bertz CT molecular complexity index is 669. The van der Waals surface area contributed by atoms with Gasteiger partial charge in [-0.15, -0.1) is 0 Å². The number of hydrogen-bond donors (Lipinski definition) is 1. The van der Waals surface area contributed by atoms with Crippen LogP contribution in [0, 0.1) is 0 Å². The third kappa shape index (κ3) is 3.00. The average molecular weight is 298 g/mol. The quantitative estimate of drug-likeness (QED) is 0.939. The molecule has 0 aliphatic carbocycles. The summed E-state index contributed by atoms with van der Waals surface area (Å²) in [4.78, 5) is 22.7. The van der Waals surface area contributed by atoms with Gasteiger partial charge in [0.2, 0.25) is 5.95 Å². The van der Waals surface area contributed by atoms with Gasteiger partial charge in [-0.3, -0.25) is 4.79 Å². The summed E-state index contributed by atoms with van der Waals surface area (Å²) in [6.45, 7) is 1.61. The minimum atomic E-state index is -0.0389. The summed E-state index contributed by atoms with van der Waals surface area (Å²) in [5.74, 6) is 1.04. The molecule has 1 N–H and O–H groups in total. The van der Waals surface area contributed by atoms with Gasteiger partial charge in [0.05, 0.1) is 12.8 Å². The van der Waals surface area contributed by atoms with Crippen LogP contribution >= 0.6 is 0 Å². The number of anilines is 2. The van der Waals surface area contributed by atoms with Gasteiger partial charge in [0.25, 0.3) is 5.91 Å². The van der Waals surface area contributed by atoms with Crippen molar-refractivity contribution in [1.82, 2.24) is 14.9 Å². The molecule has 114 valence electrons. The van der Waals surface area contributed by atoms with Crippen LogP contribution < -0.4 is 10.1 Å². The zero-order valence-corrected chi connectivity index (χ0v) is 12.5. The molecule has 0 saturated carbocycles. The summed E-state index contributed by atoms with van der Waals surface area (Å²) in [6.07, 6.45) is 3.71. The Kier molecular flexibility index (Phi) is 4.18. The van der Waals surface area contributed by atoms with Gasteiger partial charge in [-0.05, 0) is 31.0 Å². The Hall–Kier alpha value is -2.63. The van der Waals surface area contributed by atoms with Crippen molar-refractivity contribution in [3.05, 3.63) is 42.2 Å². The van der Waals surface area contributed by atoms with Crippen LogP contribution in [0.25, 0.3) is 0 Å². The molecule has 6 heteroatoms. The van der Waals surface area contributed by atoms with Crippen LogP contribution in [0.3, 0.4) is 0 Å². The first-order valence-corrected chi connectivity index (χ1v) is 7.30. The summed E-state index contributed by atoms with van der Waals surface area (Å²) < 4.78 is 5.28. The number of aromatic nitrogens is 2. The summed E-state index contributed by atoms with van der Waals surface area (Å²) in [5.41, 5.74) is 1.17. The topological polar surface area (TPSA) is 67.3 Å². The monoisotopic (exact) mass is 298 g/mol. The maximum absolute atomic E-state index is 12.4. The van der Waals surface area contributed by atoms with E-state index in [1.807, 2.05) is 29.2 Å². The van der Waals surface area contributed by atoms with Gasteiger partial charge in [0, 0.05) is 19.3 Å². The molecule has 1 saturated heterocycles. The lowest BCUT2D eigenvalue weighted by atomic mass is 10.3. The van der Waals surface area contributed by atoms with Gasteiger partial charge in [0.15, 0.2) is 0 Å². The van der Waals surface area contributed by atoms with Crippen molar-refractivity contribution in [3.63, 3.8) is 0 Å². The molecular weight excluding hydrogens is 280 g/mol. The van der Waals surface area contributed by atoms with Gasteiger partial charge >= 0.3 is 0 Å². The van der Waals surface area contributed by atoms with E-state index in [1.165, 1.54) is 0 Å². The molecule has 2 aromatic rings. The molecular formula is C16H18N4O2. The van der Waals surface area contributed by atoms with Crippen LogP contribution in [-0.4, -0.2) is 41.0 Å². The number of amides is 1. The highest BCUT2D eigenvalue weighted by molar-refractivity contribution is 5.92. The van der Waals surface area contributed by atoms with Gasteiger partial charge in [-0.2, -0.15) is 0 Å². The minimum Gasteiger partial charge on any atom is -0.495 e. The van der Waals surface area contributed by atoms with Crippen LogP contribution in [-0.2, 0) is 0 Å². The first-order valence-electron chi connectivity index (χ1n) is 7.30. The van der Waals surface area contributed by atoms with E-state index in [2.05, 4.69) is 15.3 Å². The Morgan fingerprint density at radius 2 is 2.00 bits per heavy atom. The molecule has 22 heavy (non-hydrogen) atoms. The number of ether oxygens (including phenoxy) is 1. The molecule has 1 aromatic carbocycles. The van der Waals surface area contributed by atoms with E-state index >= 15 is 0 Å². The second-order valence-electron chi connectivity index (χ2n) is 5.09. The molecule has 1 aliphatic heterocycles. The standard InChI is InChI=1S/C16H18N4O2/c1-22-14-7-3-2-6-12(14)18-16-17-9-8-13(19-16)15(21)20-10-4-5-11-20/h2-3,6-9H,4-5,10-11H2,1H3,(H,17,18,19). The SMILES string of the molecule is COc1ccccc1Nc1nccc(C(=O)N2CCCC2)n1. The number of carbonyl (C=O) groups excluding carboxylic acids is 1. The molecule has 1 aliphatic rings. The number of hydrogen-bond acceptors (Lipinski definition) is 5. The van der Waals surface area contributed by atoms with Crippen LogP contribution in [0.1, 0.15) is 23.3 Å². The zero-order valence-electron chi connectivity index (χ0n) is 12.5. The van der Waals surface area contributed by atoms with Crippen molar-refractivity contribution in [1.29, 1.82) is 0 Å². The summed E-state index contributed by atoms with van der Waals surface area (Å²) in [5, 5.41) is 3.09. The first kappa shape index (κ1) is 14.3. The van der Waals surface area contributed by atoms with E-state index in [1.54, 1.807) is 19.4 Å². The lowest BCUT2D eigenvalue weighted by molar-refractivity contribution is 0.0787. The van der Waals surface area contributed by atoms with Crippen LogP contribution in [0.15, 0.2) is 36.5 Å². The zero-order chi connectivity index (χ0) is 15.4. The minimum absolute atomic E-state index is 0.0389. The number of methoxy groups -OCH3 is 1. The highest BCUT2D eigenvalue weighted by Gasteiger charge is 2.21. The van der Waals surface area contributed by atoms with Crippen molar-refractivity contribution >= 4 is 17.5 Å². The van der Waals surface area contributed by atoms with E-state index in [0.29, 0.717) is 17.4 Å². The molecule has 1 fully saturated rings.